The van der Waals surface area contributed by atoms with Crippen molar-refractivity contribution in [2.75, 3.05) is 13.7 Å². The molecule has 2 aromatic carbocycles. The van der Waals surface area contributed by atoms with Gasteiger partial charge in [0.05, 0.1) is 25.4 Å². The van der Waals surface area contributed by atoms with Crippen molar-refractivity contribution in [2.45, 2.75) is 42.5 Å². The van der Waals surface area contributed by atoms with Gasteiger partial charge in [-0.15, -0.1) is 0 Å². The minimum absolute atomic E-state index is 0.0263. The van der Waals surface area contributed by atoms with Gasteiger partial charge in [0.2, 0.25) is 10.0 Å². The molecule has 1 atom stereocenters. The minimum atomic E-state index is -4.13. The van der Waals surface area contributed by atoms with Crippen molar-refractivity contribution in [3.8, 4) is 11.5 Å². The summed E-state index contributed by atoms with van der Waals surface area (Å²) in [6.07, 6.45) is 2.65. The first-order valence-electron chi connectivity index (χ1n) is 11.6. The zero-order valence-corrected chi connectivity index (χ0v) is 20.9. The van der Waals surface area contributed by atoms with Gasteiger partial charge in [-0.05, 0) is 36.1 Å². The highest BCUT2D eigenvalue weighted by Gasteiger charge is 2.57. The molecule has 190 valence electrons. The van der Waals surface area contributed by atoms with Gasteiger partial charge in [-0.2, -0.15) is 4.31 Å². The molecule has 0 unspecified atom stereocenters. The number of carbonyl (C=O) groups is 1. The Balaban J connectivity index is 1.54. The number of carboxylic acid groups (broad SMARTS) is 1. The third-order valence-corrected chi connectivity index (χ3v) is 8.69. The third kappa shape index (κ3) is 4.36. The number of hydrogen-bond donors (Lipinski definition) is 1. The zero-order chi connectivity index (χ0) is 25.5. The Morgan fingerprint density at radius 3 is 2.42 bits per heavy atom. The minimum Gasteiger partial charge on any atom is -0.497 e. The van der Waals surface area contributed by atoms with Crippen molar-refractivity contribution in [3.63, 3.8) is 0 Å². The lowest BCUT2D eigenvalue weighted by Gasteiger charge is -2.34. The summed E-state index contributed by atoms with van der Waals surface area (Å²) in [6.45, 7) is 0.386. The molecule has 9 nitrogen and oxygen atoms in total. The molecule has 0 spiro atoms. The molecule has 1 aliphatic carbocycles. The van der Waals surface area contributed by atoms with Gasteiger partial charge in [0, 0.05) is 19.8 Å². The van der Waals surface area contributed by atoms with Crippen LogP contribution in [0.15, 0.2) is 65.7 Å². The lowest BCUT2D eigenvalue weighted by atomic mass is 10.1. The van der Waals surface area contributed by atoms with Crippen molar-refractivity contribution in [1.29, 1.82) is 0 Å². The smallest absolute Gasteiger partial charge is 0.356 e. The van der Waals surface area contributed by atoms with Gasteiger partial charge in [-0.25, -0.2) is 13.2 Å². The molecule has 3 aromatic rings. The van der Waals surface area contributed by atoms with E-state index in [1.807, 2.05) is 42.5 Å². The summed E-state index contributed by atoms with van der Waals surface area (Å²) in [4.78, 5) is 11.8. The fourth-order valence-electron chi connectivity index (χ4n) is 4.70. The van der Waals surface area contributed by atoms with Gasteiger partial charge in [-0.3, -0.25) is 0 Å². The maximum atomic E-state index is 14.1. The first-order valence-corrected chi connectivity index (χ1v) is 13.1. The number of benzene rings is 2. The molecular weight excluding hydrogens is 484 g/mol. The first-order chi connectivity index (χ1) is 17.2. The monoisotopic (exact) mass is 512 g/mol. The standard InChI is InChI=1S/C26H28N2O7S/c1-27-15-21-24(23(27)25(29)30)34-17-22(26(12-13-26)35-16-19-6-4-3-5-7-19)28(36(21,31)32)14-18-8-10-20(33-2)11-9-18/h3-11,15,22H,12-14,16-17H2,1-2H3,(H,29,30)/t22-/m0/s1. The number of ether oxygens (including phenoxy) is 3. The van der Waals surface area contributed by atoms with Crippen LogP contribution in [0.1, 0.15) is 34.5 Å². The zero-order valence-electron chi connectivity index (χ0n) is 20.1. The van der Waals surface area contributed by atoms with Crippen LogP contribution >= 0.6 is 0 Å². The van der Waals surface area contributed by atoms with Crippen LogP contribution in [-0.2, 0) is 35.0 Å². The number of hydrogen-bond acceptors (Lipinski definition) is 6. The van der Waals surface area contributed by atoms with Crippen molar-refractivity contribution >= 4 is 16.0 Å². The summed E-state index contributed by atoms with van der Waals surface area (Å²) >= 11 is 0. The topological polar surface area (TPSA) is 107 Å². The van der Waals surface area contributed by atoms with E-state index in [4.69, 9.17) is 14.2 Å². The fourth-order valence-corrected chi connectivity index (χ4v) is 6.55. The van der Waals surface area contributed by atoms with Crippen LogP contribution < -0.4 is 9.47 Å². The lowest BCUT2D eigenvalue weighted by Crippen LogP contribution is -2.50. The van der Waals surface area contributed by atoms with Gasteiger partial charge < -0.3 is 23.9 Å². The maximum absolute atomic E-state index is 14.1. The second-order valence-electron chi connectivity index (χ2n) is 9.15. The molecule has 0 radical (unpaired) electrons. The molecule has 2 aliphatic rings. The van der Waals surface area contributed by atoms with E-state index in [1.165, 1.54) is 22.1 Å². The number of nitrogens with zero attached hydrogens (tertiary/aromatic N) is 2. The molecule has 1 N–H and O–H groups in total. The van der Waals surface area contributed by atoms with Gasteiger partial charge in [-0.1, -0.05) is 42.5 Å². The highest BCUT2D eigenvalue weighted by Crippen LogP contribution is 2.49. The number of carboxylic acids is 1. The number of aromatic carboxylic acids is 1. The second kappa shape index (κ2) is 9.27. The number of aromatic nitrogens is 1. The largest absolute Gasteiger partial charge is 0.497 e. The van der Waals surface area contributed by atoms with Crippen LogP contribution in [0.4, 0.5) is 0 Å². The predicted octanol–water partition coefficient (Wildman–Crippen LogP) is 3.43. The van der Waals surface area contributed by atoms with E-state index < -0.39 is 27.6 Å². The molecule has 1 saturated carbocycles. The molecule has 1 aromatic heterocycles. The third-order valence-electron chi connectivity index (χ3n) is 6.84. The van der Waals surface area contributed by atoms with Crippen LogP contribution in [-0.4, -0.2) is 53.7 Å². The van der Waals surface area contributed by atoms with Gasteiger partial charge in [0.15, 0.2) is 11.4 Å². The molecular formula is C26H28N2O7S. The van der Waals surface area contributed by atoms with E-state index in [0.29, 0.717) is 25.2 Å². The van der Waals surface area contributed by atoms with Crippen molar-refractivity contribution in [1.82, 2.24) is 8.87 Å². The molecule has 1 aliphatic heterocycles. The van der Waals surface area contributed by atoms with Gasteiger partial charge in [0.1, 0.15) is 17.3 Å². The van der Waals surface area contributed by atoms with Gasteiger partial charge in [0.25, 0.3) is 0 Å². The van der Waals surface area contributed by atoms with Crippen LogP contribution in [0.3, 0.4) is 0 Å². The van der Waals surface area contributed by atoms with E-state index in [0.717, 1.165) is 11.1 Å². The maximum Gasteiger partial charge on any atom is 0.356 e. The predicted molar refractivity (Wildman–Crippen MR) is 131 cm³/mol. The molecule has 10 heteroatoms. The Morgan fingerprint density at radius 1 is 1.11 bits per heavy atom. The molecule has 5 rings (SSSR count). The Labute approximate surface area is 209 Å². The lowest BCUT2D eigenvalue weighted by molar-refractivity contribution is -0.0376. The summed E-state index contributed by atoms with van der Waals surface area (Å²) in [6, 6.07) is 16.2. The Hall–Kier alpha value is -3.34. The number of rotatable bonds is 8. The van der Waals surface area contributed by atoms with E-state index in [-0.39, 0.29) is 29.5 Å². The van der Waals surface area contributed by atoms with E-state index in [9.17, 15) is 18.3 Å². The summed E-state index contributed by atoms with van der Waals surface area (Å²) in [5.41, 5.74) is 0.819. The molecule has 0 amide bonds. The van der Waals surface area contributed by atoms with Crippen LogP contribution in [0, 0.1) is 0 Å². The van der Waals surface area contributed by atoms with Crippen molar-refractivity contribution in [3.05, 3.63) is 77.6 Å². The summed E-state index contributed by atoms with van der Waals surface area (Å²) < 4.78 is 48.4. The van der Waals surface area contributed by atoms with Crippen molar-refractivity contribution in [2.24, 2.45) is 7.05 Å². The average molecular weight is 513 g/mol. The number of sulfonamides is 1. The Bertz CT molecular complexity index is 1360. The molecule has 36 heavy (non-hydrogen) atoms. The second-order valence-corrected chi connectivity index (χ2v) is 11.0. The number of fused-ring (bicyclic) bond motifs is 1. The first kappa shape index (κ1) is 24.4. The molecule has 1 fully saturated rings. The summed E-state index contributed by atoms with van der Waals surface area (Å²) in [5, 5.41) is 9.73. The van der Waals surface area contributed by atoms with Crippen LogP contribution in [0.2, 0.25) is 0 Å². The summed E-state index contributed by atoms with van der Waals surface area (Å²) in [7, 11) is -1.07. The van der Waals surface area contributed by atoms with E-state index in [2.05, 4.69) is 0 Å². The molecule has 0 bridgehead atoms. The average Bonchev–Trinajstić information content (AvgIpc) is 3.59. The SMILES string of the molecule is COc1ccc(CN2[C@H](C3(OCc4ccccc4)CC3)COc3c(cn(C)c3C(=O)O)S2(=O)=O)cc1. The highest BCUT2D eigenvalue weighted by atomic mass is 32.2. The Morgan fingerprint density at radius 2 is 1.81 bits per heavy atom. The fraction of sp³-hybridized carbons (Fsp3) is 0.346. The van der Waals surface area contributed by atoms with E-state index in [1.54, 1.807) is 19.2 Å². The normalized spacial score (nSPS) is 20.1. The number of methoxy groups -OCH3 is 1. The van der Waals surface area contributed by atoms with Gasteiger partial charge >= 0.3 is 5.97 Å². The Kier molecular flexibility index (Phi) is 6.27. The number of aryl methyl sites for hydroxylation is 1. The van der Waals surface area contributed by atoms with Crippen LogP contribution in [0.25, 0.3) is 0 Å². The highest BCUT2D eigenvalue weighted by molar-refractivity contribution is 7.89. The summed E-state index contributed by atoms with van der Waals surface area (Å²) in [5.74, 6) is -0.722. The van der Waals surface area contributed by atoms with Crippen LogP contribution in [0.5, 0.6) is 11.5 Å². The molecule has 2 heterocycles. The quantitative estimate of drug-likeness (QED) is 0.493. The van der Waals surface area contributed by atoms with E-state index >= 15 is 0 Å². The molecule has 0 saturated heterocycles. The van der Waals surface area contributed by atoms with Crippen molar-refractivity contribution < 1.29 is 32.5 Å².